The minimum atomic E-state index is -0.194. The highest BCUT2D eigenvalue weighted by Gasteiger charge is 2.34. The van der Waals surface area contributed by atoms with Crippen LogP contribution in [0.3, 0.4) is 0 Å². The van der Waals surface area contributed by atoms with Crippen molar-refractivity contribution in [3.63, 3.8) is 0 Å². The Labute approximate surface area is 196 Å². The summed E-state index contributed by atoms with van der Waals surface area (Å²) in [6.45, 7) is 4.73. The molecule has 2 fully saturated rings. The molecule has 1 aliphatic carbocycles. The summed E-state index contributed by atoms with van der Waals surface area (Å²) in [6, 6.07) is 5.33. The Morgan fingerprint density at radius 2 is 2.03 bits per heavy atom. The lowest BCUT2D eigenvalue weighted by molar-refractivity contribution is 0.00323. The van der Waals surface area contributed by atoms with Crippen molar-refractivity contribution in [3.05, 3.63) is 33.3 Å². The number of hydrogen-bond donors (Lipinski definition) is 2. The number of benzene rings is 1. The molecule has 168 valence electrons. The van der Waals surface area contributed by atoms with Crippen LogP contribution in [-0.4, -0.2) is 52.9 Å². The molecule has 0 unspecified atom stereocenters. The standard InChI is InChI=1S/C21H27Cl2N5O2S/c1-2-19-26-27-21(31-19)25-20(29)24-18-6-4-3-5-13(18)10-28-11-15(12-28)30-14-7-8-16(22)17(23)9-14/h7-9,13,15,18H,2-6,10-12H2,1H3,(H2,24,25,27,29)/t13-,18+/m1/s1. The molecule has 0 radical (unpaired) electrons. The van der Waals surface area contributed by atoms with E-state index in [1.54, 1.807) is 12.1 Å². The summed E-state index contributed by atoms with van der Waals surface area (Å²) in [6.07, 6.45) is 5.45. The SMILES string of the molecule is CCc1nnc(NC(=O)N[C@H]2CCCC[C@@H]2CN2CC(Oc3ccc(Cl)c(Cl)c3)C2)s1. The van der Waals surface area contributed by atoms with Crippen LogP contribution in [0.15, 0.2) is 18.2 Å². The molecule has 2 N–H and O–H groups in total. The maximum absolute atomic E-state index is 12.5. The molecule has 1 saturated carbocycles. The molecule has 31 heavy (non-hydrogen) atoms. The van der Waals surface area contributed by atoms with Crippen LogP contribution in [0.5, 0.6) is 5.75 Å². The predicted octanol–water partition coefficient (Wildman–Crippen LogP) is 4.85. The number of carbonyl (C=O) groups is 1. The van der Waals surface area contributed by atoms with Gasteiger partial charge in [-0.3, -0.25) is 10.2 Å². The van der Waals surface area contributed by atoms with Crippen LogP contribution in [0.1, 0.15) is 37.6 Å². The molecule has 0 spiro atoms. The molecule has 2 heterocycles. The summed E-state index contributed by atoms with van der Waals surface area (Å²) < 4.78 is 6.00. The van der Waals surface area contributed by atoms with E-state index in [1.807, 2.05) is 13.0 Å². The number of amides is 2. The zero-order chi connectivity index (χ0) is 21.8. The van der Waals surface area contributed by atoms with E-state index in [9.17, 15) is 4.79 Å². The molecule has 2 atom stereocenters. The number of aromatic nitrogens is 2. The van der Waals surface area contributed by atoms with Gasteiger partial charge in [0.25, 0.3) is 0 Å². The van der Waals surface area contributed by atoms with Crippen LogP contribution < -0.4 is 15.4 Å². The van der Waals surface area contributed by atoms with Gasteiger partial charge < -0.3 is 10.1 Å². The van der Waals surface area contributed by atoms with E-state index in [4.69, 9.17) is 27.9 Å². The summed E-state index contributed by atoms with van der Waals surface area (Å²) in [5, 5.41) is 16.6. The molecule has 4 rings (SSSR count). The number of halogens is 2. The monoisotopic (exact) mass is 483 g/mol. The Bertz CT molecular complexity index is 906. The van der Waals surface area contributed by atoms with Crippen LogP contribution in [0, 0.1) is 5.92 Å². The Hall–Kier alpha value is -1.61. The minimum absolute atomic E-state index is 0.153. The Morgan fingerprint density at radius 3 is 2.77 bits per heavy atom. The molecule has 1 aliphatic heterocycles. The third-order valence-corrected chi connectivity index (χ3v) is 7.55. The fourth-order valence-corrected chi connectivity index (χ4v) is 5.15. The number of nitrogens with one attached hydrogen (secondary N) is 2. The second-order valence-corrected chi connectivity index (χ2v) is 10.0. The number of hydrogen-bond acceptors (Lipinski definition) is 6. The summed E-state index contributed by atoms with van der Waals surface area (Å²) in [5.41, 5.74) is 0. The van der Waals surface area contributed by atoms with Crippen molar-refractivity contribution in [1.29, 1.82) is 0 Å². The van der Waals surface area contributed by atoms with Crippen LogP contribution in [0.4, 0.5) is 9.93 Å². The number of ether oxygens (including phenoxy) is 1. The molecule has 1 saturated heterocycles. The highest BCUT2D eigenvalue weighted by Crippen LogP contribution is 2.30. The predicted molar refractivity (Wildman–Crippen MR) is 125 cm³/mol. The molecule has 7 nitrogen and oxygen atoms in total. The highest BCUT2D eigenvalue weighted by molar-refractivity contribution is 7.15. The van der Waals surface area contributed by atoms with Crippen molar-refractivity contribution in [1.82, 2.24) is 20.4 Å². The van der Waals surface area contributed by atoms with E-state index in [-0.39, 0.29) is 18.2 Å². The van der Waals surface area contributed by atoms with E-state index in [0.717, 1.165) is 56.1 Å². The molecule has 0 bridgehead atoms. The van der Waals surface area contributed by atoms with Gasteiger partial charge >= 0.3 is 6.03 Å². The van der Waals surface area contributed by atoms with Gasteiger partial charge in [0, 0.05) is 31.7 Å². The Balaban J connectivity index is 1.23. The maximum Gasteiger partial charge on any atom is 0.321 e. The Morgan fingerprint density at radius 1 is 1.23 bits per heavy atom. The summed E-state index contributed by atoms with van der Waals surface area (Å²) in [7, 11) is 0. The van der Waals surface area contributed by atoms with Crippen LogP contribution in [0.25, 0.3) is 0 Å². The minimum Gasteiger partial charge on any atom is -0.488 e. The third kappa shape index (κ3) is 6.00. The van der Waals surface area contributed by atoms with Crippen LogP contribution in [-0.2, 0) is 6.42 Å². The van der Waals surface area contributed by atoms with Gasteiger partial charge in [0.15, 0.2) is 0 Å². The van der Waals surface area contributed by atoms with E-state index in [1.165, 1.54) is 17.8 Å². The summed E-state index contributed by atoms with van der Waals surface area (Å²) >= 11 is 13.4. The molecule has 1 aromatic carbocycles. The first-order valence-electron chi connectivity index (χ1n) is 10.7. The van der Waals surface area contributed by atoms with Crippen molar-refractivity contribution < 1.29 is 9.53 Å². The molecule has 2 aromatic rings. The van der Waals surface area contributed by atoms with Gasteiger partial charge in [-0.1, -0.05) is 54.3 Å². The fraction of sp³-hybridized carbons (Fsp3) is 0.571. The van der Waals surface area contributed by atoms with Crippen LogP contribution in [0.2, 0.25) is 10.0 Å². The van der Waals surface area contributed by atoms with Gasteiger partial charge in [0.1, 0.15) is 16.9 Å². The maximum atomic E-state index is 12.5. The number of nitrogens with zero attached hydrogens (tertiary/aromatic N) is 3. The molecule has 2 aliphatic rings. The number of urea groups is 1. The molecular weight excluding hydrogens is 457 g/mol. The number of rotatable bonds is 7. The Kier molecular flexibility index (Phi) is 7.53. The van der Waals surface area contributed by atoms with Gasteiger partial charge in [-0.15, -0.1) is 10.2 Å². The van der Waals surface area contributed by atoms with Crippen molar-refractivity contribution in [2.24, 2.45) is 5.92 Å². The summed E-state index contributed by atoms with van der Waals surface area (Å²) in [5.74, 6) is 1.18. The van der Waals surface area contributed by atoms with Gasteiger partial charge in [-0.05, 0) is 37.3 Å². The highest BCUT2D eigenvalue weighted by atomic mass is 35.5. The molecule has 2 amide bonds. The first-order valence-corrected chi connectivity index (χ1v) is 12.3. The van der Waals surface area contributed by atoms with E-state index in [2.05, 4.69) is 25.7 Å². The molecular formula is C21H27Cl2N5O2S. The number of aryl methyl sites for hydroxylation is 1. The van der Waals surface area contributed by atoms with E-state index >= 15 is 0 Å². The summed E-state index contributed by atoms with van der Waals surface area (Å²) in [4.78, 5) is 14.9. The first-order chi connectivity index (χ1) is 15.0. The average molecular weight is 484 g/mol. The largest absolute Gasteiger partial charge is 0.488 e. The number of likely N-dealkylation sites (tertiary alicyclic amines) is 1. The zero-order valence-corrected chi connectivity index (χ0v) is 19.8. The third-order valence-electron chi connectivity index (χ3n) is 5.83. The normalized spacial score (nSPS) is 22.0. The topological polar surface area (TPSA) is 79.4 Å². The molecule has 10 heteroatoms. The second-order valence-electron chi connectivity index (χ2n) is 8.14. The van der Waals surface area contributed by atoms with Gasteiger partial charge in [-0.2, -0.15) is 0 Å². The van der Waals surface area contributed by atoms with Crippen molar-refractivity contribution in [2.45, 2.75) is 51.2 Å². The van der Waals surface area contributed by atoms with Crippen LogP contribution >= 0.6 is 34.5 Å². The van der Waals surface area contributed by atoms with E-state index < -0.39 is 0 Å². The quantitative estimate of drug-likeness (QED) is 0.588. The van der Waals surface area contributed by atoms with Crippen molar-refractivity contribution in [3.8, 4) is 5.75 Å². The lowest BCUT2D eigenvalue weighted by Crippen LogP contribution is -2.57. The lowest BCUT2D eigenvalue weighted by atomic mass is 9.83. The second kappa shape index (κ2) is 10.3. The number of anilines is 1. The van der Waals surface area contributed by atoms with Crippen molar-refractivity contribution in [2.75, 3.05) is 25.0 Å². The van der Waals surface area contributed by atoms with Gasteiger partial charge in [0.05, 0.1) is 10.0 Å². The number of carbonyl (C=O) groups excluding carboxylic acids is 1. The van der Waals surface area contributed by atoms with E-state index in [0.29, 0.717) is 21.1 Å². The smallest absolute Gasteiger partial charge is 0.321 e. The average Bonchev–Trinajstić information content (AvgIpc) is 3.17. The molecule has 1 aromatic heterocycles. The van der Waals surface area contributed by atoms with Gasteiger partial charge in [-0.25, -0.2) is 4.79 Å². The first kappa shape index (κ1) is 22.6. The van der Waals surface area contributed by atoms with Gasteiger partial charge in [0.2, 0.25) is 5.13 Å². The fourth-order valence-electron chi connectivity index (χ4n) is 4.19. The van der Waals surface area contributed by atoms with Crippen molar-refractivity contribution >= 4 is 45.7 Å². The lowest BCUT2D eigenvalue weighted by Gasteiger charge is -2.43. The zero-order valence-electron chi connectivity index (χ0n) is 17.4.